The van der Waals surface area contributed by atoms with E-state index in [2.05, 4.69) is 37.2 Å². The Kier molecular flexibility index (Phi) is 7.13. The predicted octanol–water partition coefficient (Wildman–Crippen LogP) is 4.81. The standard InChI is InChI=1S/C18H19Br2NO4/c1-23-15-8-11(9-16(24-2)18(15)25-3)4-7-17(22)21-14-6-5-12(19)10-13(14)20/h5-6,8-10H,4,7H2,1-3H3,(H,21,22). The lowest BCUT2D eigenvalue weighted by Gasteiger charge is -2.14. The maximum absolute atomic E-state index is 12.2. The van der Waals surface area contributed by atoms with Crippen molar-refractivity contribution in [2.75, 3.05) is 26.6 Å². The molecule has 134 valence electrons. The van der Waals surface area contributed by atoms with Gasteiger partial charge in [0.05, 0.1) is 27.0 Å². The molecular weight excluding hydrogens is 454 g/mol. The van der Waals surface area contributed by atoms with Gasteiger partial charge in [-0.3, -0.25) is 4.79 Å². The summed E-state index contributed by atoms with van der Waals surface area (Å²) in [7, 11) is 4.70. The molecule has 0 bridgehead atoms. The largest absolute Gasteiger partial charge is 0.493 e. The number of hydrogen-bond donors (Lipinski definition) is 1. The number of carbonyl (C=O) groups excluding carboxylic acids is 1. The monoisotopic (exact) mass is 471 g/mol. The number of amides is 1. The first-order valence-corrected chi connectivity index (χ1v) is 9.11. The Bertz CT molecular complexity index is 740. The van der Waals surface area contributed by atoms with Crippen LogP contribution in [0.5, 0.6) is 17.2 Å². The molecule has 0 spiro atoms. The highest BCUT2D eigenvalue weighted by atomic mass is 79.9. The van der Waals surface area contributed by atoms with Gasteiger partial charge < -0.3 is 19.5 Å². The molecule has 0 aromatic heterocycles. The molecule has 0 aliphatic heterocycles. The average molecular weight is 473 g/mol. The fourth-order valence-corrected chi connectivity index (χ4v) is 3.49. The second kappa shape index (κ2) is 9.10. The van der Waals surface area contributed by atoms with Crippen molar-refractivity contribution in [2.24, 2.45) is 0 Å². The lowest BCUT2D eigenvalue weighted by molar-refractivity contribution is -0.116. The Morgan fingerprint density at radius 3 is 2.16 bits per heavy atom. The molecule has 2 aromatic carbocycles. The molecule has 1 N–H and O–H groups in total. The fourth-order valence-electron chi connectivity index (χ4n) is 2.34. The normalized spacial score (nSPS) is 10.3. The molecule has 5 nitrogen and oxygen atoms in total. The third-order valence-corrected chi connectivity index (χ3v) is 4.72. The first-order chi connectivity index (χ1) is 12.0. The molecule has 7 heteroatoms. The second-order valence-corrected chi connectivity index (χ2v) is 6.98. The zero-order chi connectivity index (χ0) is 18.4. The molecule has 0 aliphatic rings. The van der Waals surface area contributed by atoms with Crippen LogP contribution in [-0.4, -0.2) is 27.2 Å². The number of halogens is 2. The minimum atomic E-state index is -0.0724. The Hall–Kier alpha value is -1.73. The summed E-state index contributed by atoms with van der Waals surface area (Å²) in [4.78, 5) is 12.2. The van der Waals surface area contributed by atoms with Crippen molar-refractivity contribution in [3.63, 3.8) is 0 Å². The highest BCUT2D eigenvalue weighted by Crippen LogP contribution is 2.38. The molecule has 2 rings (SSSR count). The van der Waals surface area contributed by atoms with E-state index in [1.807, 2.05) is 30.3 Å². The second-order valence-electron chi connectivity index (χ2n) is 5.21. The van der Waals surface area contributed by atoms with E-state index in [0.29, 0.717) is 30.1 Å². The number of nitrogens with one attached hydrogen (secondary N) is 1. The van der Waals surface area contributed by atoms with Crippen LogP contribution in [0, 0.1) is 0 Å². The molecule has 0 saturated heterocycles. The third-order valence-electron chi connectivity index (χ3n) is 3.57. The van der Waals surface area contributed by atoms with Crippen LogP contribution < -0.4 is 19.5 Å². The molecule has 2 aromatic rings. The lowest BCUT2D eigenvalue weighted by atomic mass is 10.1. The summed E-state index contributed by atoms with van der Waals surface area (Å²) >= 11 is 6.82. The van der Waals surface area contributed by atoms with Crippen molar-refractivity contribution in [2.45, 2.75) is 12.8 Å². The van der Waals surface area contributed by atoms with Gasteiger partial charge in [-0.1, -0.05) is 15.9 Å². The van der Waals surface area contributed by atoms with Gasteiger partial charge in [0.2, 0.25) is 11.7 Å². The van der Waals surface area contributed by atoms with Crippen molar-refractivity contribution in [3.05, 3.63) is 44.8 Å². The Morgan fingerprint density at radius 2 is 1.64 bits per heavy atom. The van der Waals surface area contributed by atoms with Crippen LogP contribution >= 0.6 is 31.9 Å². The van der Waals surface area contributed by atoms with Gasteiger partial charge in [-0.05, 0) is 58.2 Å². The molecule has 0 saturated carbocycles. The molecule has 1 amide bonds. The highest BCUT2D eigenvalue weighted by Gasteiger charge is 2.14. The number of aryl methyl sites for hydroxylation is 1. The van der Waals surface area contributed by atoms with Crippen LogP contribution in [-0.2, 0) is 11.2 Å². The van der Waals surface area contributed by atoms with Crippen LogP contribution in [0.3, 0.4) is 0 Å². The van der Waals surface area contributed by atoms with Gasteiger partial charge in [-0.2, -0.15) is 0 Å². The van der Waals surface area contributed by atoms with Crippen LogP contribution in [0.4, 0.5) is 5.69 Å². The van der Waals surface area contributed by atoms with Gasteiger partial charge in [0.15, 0.2) is 11.5 Å². The summed E-state index contributed by atoms with van der Waals surface area (Å²) in [5, 5.41) is 2.89. The van der Waals surface area contributed by atoms with Crippen molar-refractivity contribution in [1.82, 2.24) is 0 Å². The van der Waals surface area contributed by atoms with Crippen LogP contribution in [0.25, 0.3) is 0 Å². The SMILES string of the molecule is COc1cc(CCC(=O)Nc2ccc(Br)cc2Br)cc(OC)c1OC. The van der Waals surface area contributed by atoms with Gasteiger partial charge in [0.25, 0.3) is 0 Å². The van der Waals surface area contributed by atoms with Crippen molar-refractivity contribution < 1.29 is 19.0 Å². The Morgan fingerprint density at radius 1 is 1.00 bits per heavy atom. The third kappa shape index (κ3) is 5.12. The molecule has 25 heavy (non-hydrogen) atoms. The Labute approximate surface area is 163 Å². The number of anilines is 1. The summed E-state index contributed by atoms with van der Waals surface area (Å²) < 4.78 is 17.7. The van der Waals surface area contributed by atoms with E-state index >= 15 is 0 Å². The van der Waals surface area contributed by atoms with Crippen molar-refractivity contribution >= 4 is 43.5 Å². The summed E-state index contributed by atoms with van der Waals surface area (Å²) in [6.45, 7) is 0. The van der Waals surface area contributed by atoms with Gasteiger partial charge in [-0.25, -0.2) is 0 Å². The lowest BCUT2D eigenvalue weighted by Crippen LogP contribution is -2.12. The summed E-state index contributed by atoms with van der Waals surface area (Å²) in [5.74, 6) is 1.62. The topological polar surface area (TPSA) is 56.8 Å². The van der Waals surface area contributed by atoms with Gasteiger partial charge in [0.1, 0.15) is 0 Å². The molecule has 0 unspecified atom stereocenters. The number of hydrogen-bond acceptors (Lipinski definition) is 4. The van der Waals surface area contributed by atoms with Gasteiger partial charge in [0, 0.05) is 15.4 Å². The molecule has 0 atom stereocenters. The van der Waals surface area contributed by atoms with Crippen LogP contribution in [0.2, 0.25) is 0 Å². The van der Waals surface area contributed by atoms with E-state index in [1.54, 1.807) is 21.3 Å². The molecule has 0 aliphatic carbocycles. The van der Waals surface area contributed by atoms with E-state index in [1.165, 1.54) is 0 Å². The Balaban J connectivity index is 2.06. The van der Waals surface area contributed by atoms with E-state index in [4.69, 9.17) is 14.2 Å². The first-order valence-electron chi connectivity index (χ1n) is 7.52. The molecule has 0 fully saturated rings. The number of carbonyl (C=O) groups is 1. The smallest absolute Gasteiger partial charge is 0.224 e. The maximum Gasteiger partial charge on any atom is 0.224 e. The molecule has 0 radical (unpaired) electrons. The summed E-state index contributed by atoms with van der Waals surface area (Å²) in [6.07, 6.45) is 0.887. The fraction of sp³-hybridized carbons (Fsp3) is 0.278. The summed E-state index contributed by atoms with van der Waals surface area (Å²) in [6, 6.07) is 9.30. The highest BCUT2D eigenvalue weighted by molar-refractivity contribution is 9.11. The van der Waals surface area contributed by atoms with Gasteiger partial charge in [-0.15, -0.1) is 0 Å². The maximum atomic E-state index is 12.2. The van der Waals surface area contributed by atoms with Crippen molar-refractivity contribution in [3.8, 4) is 17.2 Å². The number of ether oxygens (including phenoxy) is 3. The number of rotatable bonds is 7. The first kappa shape index (κ1) is 19.6. The van der Waals surface area contributed by atoms with E-state index < -0.39 is 0 Å². The van der Waals surface area contributed by atoms with Crippen LogP contribution in [0.1, 0.15) is 12.0 Å². The van der Waals surface area contributed by atoms with E-state index in [0.717, 1.165) is 20.2 Å². The minimum absolute atomic E-state index is 0.0724. The zero-order valence-electron chi connectivity index (χ0n) is 14.2. The van der Waals surface area contributed by atoms with E-state index in [9.17, 15) is 4.79 Å². The number of methoxy groups -OCH3 is 3. The molecule has 0 heterocycles. The minimum Gasteiger partial charge on any atom is -0.493 e. The average Bonchev–Trinajstić information content (AvgIpc) is 2.61. The number of benzene rings is 2. The quantitative estimate of drug-likeness (QED) is 0.628. The molecular formula is C18H19Br2NO4. The summed E-state index contributed by atoms with van der Waals surface area (Å²) in [5.41, 5.74) is 1.66. The van der Waals surface area contributed by atoms with Crippen LogP contribution in [0.15, 0.2) is 39.3 Å². The predicted molar refractivity (Wildman–Crippen MR) is 105 cm³/mol. The van der Waals surface area contributed by atoms with Gasteiger partial charge >= 0.3 is 0 Å². The van der Waals surface area contributed by atoms with Crippen molar-refractivity contribution in [1.29, 1.82) is 0 Å². The zero-order valence-corrected chi connectivity index (χ0v) is 17.4. The van der Waals surface area contributed by atoms with E-state index in [-0.39, 0.29) is 5.91 Å².